The molecule has 5 heteroatoms. The van der Waals surface area contributed by atoms with Gasteiger partial charge in [0.15, 0.2) is 11.5 Å². The van der Waals surface area contributed by atoms with Crippen molar-refractivity contribution >= 4 is 24.0 Å². The molecule has 0 atom stereocenters. The van der Waals surface area contributed by atoms with Crippen LogP contribution in [0.2, 0.25) is 0 Å². The van der Waals surface area contributed by atoms with E-state index in [0.717, 1.165) is 22.3 Å². The third-order valence-electron chi connectivity index (χ3n) is 3.30. The molecular formula is C15H17NO2S2. The molecule has 0 aliphatic heterocycles. The zero-order valence-corrected chi connectivity index (χ0v) is 13.0. The Morgan fingerprint density at radius 3 is 2.70 bits per heavy atom. The summed E-state index contributed by atoms with van der Waals surface area (Å²) in [7, 11) is 1.65. The fourth-order valence-electron chi connectivity index (χ4n) is 2.14. The molecule has 0 unspecified atom stereocenters. The lowest BCUT2D eigenvalue weighted by Crippen LogP contribution is -1.97. The van der Waals surface area contributed by atoms with Gasteiger partial charge in [0.1, 0.15) is 11.6 Å². The lowest BCUT2D eigenvalue weighted by atomic mass is 10.3. The van der Waals surface area contributed by atoms with Crippen molar-refractivity contribution in [3.63, 3.8) is 0 Å². The SMILES string of the molecule is COc1ccccc1OCc1nc(C2CC2)c(CS)s1. The minimum atomic E-state index is 0.485. The molecular weight excluding hydrogens is 290 g/mol. The van der Waals surface area contributed by atoms with Crippen LogP contribution in [0.1, 0.15) is 34.3 Å². The lowest BCUT2D eigenvalue weighted by Gasteiger charge is -2.08. The number of para-hydroxylation sites is 2. The van der Waals surface area contributed by atoms with Crippen molar-refractivity contribution < 1.29 is 9.47 Å². The summed E-state index contributed by atoms with van der Waals surface area (Å²) < 4.78 is 11.1. The van der Waals surface area contributed by atoms with Gasteiger partial charge in [-0.15, -0.1) is 11.3 Å². The average Bonchev–Trinajstić information content (AvgIpc) is 3.25. The van der Waals surface area contributed by atoms with Crippen molar-refractivity contribution in [2.24, 2.45) is 0 Å². The van der Waals surface area contributed by atoms with Gasteiger partial charge in [0.05, 0.1) is 12.8 Å². The minimum Gasteiger partial charge on any atom is -0.493 e. The van der Waals surface area contributed by atoms with Crippen LogP contribution in [-0.4, -0.2) is 12.1 Å². The molecule has 0 bridgehead atoms. The number of benzene rings is 1. The maximum atomic E-state index is 5.83. The number of nitrogens with zero attached hydrogens (tertiary/aromatic N) is 1. The fraction of sp³-hybridized carbons (Fsp3) is 0.400. The van der Waals surface area contributed by atoms with E-state index >= 15 is 0 Å². The average molecular weight is 307 g/mol. The van der Waals surface area contributed by atoms with Gasteiger partial charge in [0, 0.05) is 16.5 Å². The maximum Gasteiger partial charge on any atom is 0.161 e. The zero-order chi connectivity index (χ0) is 13.9. The first-order chi connectivity index (χ1) is 9.81. The predicted octanol–water partition coefficient (Wildman–Crippen LogP) is 4.04. The van der Waals surface area contributed by atoms with Crippen LogP contribution in [0, 0.1) is 0 Å². The Morgan fingerprint density at radius 1 is 1.30 bits per heavy atom. The third kappa shape index (κ3) is 2.94. The Balaban J connectivity index is 1.72. The molecule has 0 N–H and O–H groups in total. The van der Waals surface area contributed by atoms with Crippen LogP contribution >= 0.6 is 24.0 Å². The van der Waals surface area contributed by atoms with Gasteiger partial charge in [0.2, 0.25) is 0 Å². The standard InChI is InChI=1S/C15H17NO2S2/c1-17-11-4-2-3-5-12(11)18-8-14-16-15(10-6-7-10)13(9-19)20-14/h2-5,10,19H,6-9H2,1H3. The van der Waals surface area contributed by atoms with E-state index in [1.807, 2.05) is 24.3 Å². The molecule has 0 saturated heterocycles. The monoisotopic (exact) mass is 307 g/mol. The summed E-state index contributed by atoms with van der Waals surface area (Å²) in [5.74, 6) is 2.93. The van der Waals surface area contributed by atoms with Crippen LogP contribution in [0.4, 0.5) is 0 Å². The predicted molar refractivity (Wildman–Crippen MR) is 84.1 cm³/mol. The van der Waals surface area contributed by atoms with E-state index in [2.05, 4.69) is 12.6 Å². The first-order valence-electron chi connectivity index (χ1n) is 6.67. The van der Waals surface area contributed by atoms with Crippen molar-refractivity contribution in [3.8, 4) is 11.5 Å². The number of rotatable bonds is 6. The summed E-state index contributed by atoms with van der Waals surface area (Å²) in [6, 6.07) is 7.67. The van der Waals surface area contributed by atoms with Crippen molar-refractivity contribution in [2.75, 3.05) is 7.11 Å². The Bertz CT molecular complexity index is 593. The number of thiazole rings is 1. The van der Waals surface area contributed by atoms with Crippen molar-refractivity contribution in [1.29, 1.82) is 0 Å². The van der Waals surface area contributed by atoms with Crippen molar-refractivity contribution in [1.82, 2.24) is 4.98 Å². The molecule has 1 aromatic carbocycles. The normalized spacial score (nSPS) is 14.3. The molecule has 0 spiro atoms. The molecule has 0 amide bonds. The third-order valence-corrected chi connectivity index (χ3v) is 4.87. The van der Waals surface area contributed by atoms with Gasteiger partial charge >= 0.3 is 0 Å². The summed E-state index contributed by atoms with van der Waals surface area (Å²) in [5, 5.41) is 1.02. The van der Waals surface area contributed by atoms with Crippen LogP contribution in [-0.2, 0) is 12.4 Å². The largest absolute Gasteiger partial charge is 0.493 e. The Kier molecular flexibility index (Phi) is 4.17. The zero-order valence-electron chi connectivity index (χ0n) is 11.3. The van der Waals surface area contributed by atoms with E-state index < -0.39 is 0 Å². The summed E-state index contributed by atoms with van der Waals surface area (Å²) in [6.07, 6.45) is 2.52. The van der Waals surface area contributed by atoms with Gasteiger partial charge < -0.3 is 9.47 Å². The fourth-order valence-corrected chi connectivity index (χ4v) is 3.43. The second kappa shape index (κ2) is 6.06. The molecule has 3 rings (SSSR count). The Morgan fingerprint density at radius 2 is 2.05 bits per heavy atom. The number of ether oxygens (including phenoxy) is 2. The number of hydrogen-bond donors (Lipinski definition) is 1. The maximum absolute atomic E-state index is 5.83. The lowest BCUT2D eigenvalue weighted by molar-refractivity contribution is 0.284. The molecule has 0 radical (unpaired) electrons. The molecule has 2 aromatic rings. The Hall–Kier alpha value is -1.20. The quantitative estimate of drug-likeness (QED) is 0.817. The van der Waals surface area contributed by atoms with E-state index in [9.17, 15) is 0 Å². The summed E-state index contributed by atoms with van der Waals surface area (Å²) in [4.78, 5) is 6.00. The van der Waals surface area contributed by atoms with E-state index in [1.165, 1.54) is 23.4 Å². The first kappa shape index (κ1) is 13.8. The van der Waals surface area contributed by atoms with Crippen molar-refractivity contribution in [3.05, 3.63) is 39.8 Å². The molecule has 3 nitrogen and oxygen atoms in total. The minimum absolute atomic E-state index is 0.485. The number of aromatic nitrogens is 1. The van der Waals surface area contributed by atoms with Gasteiger partial charge in [0.25, 0.3) is 0 Å². The van der Waals surface area contributed by atoms with Crippen LogP contribution in [0.3, 0.4) is 0 Å². The van der Waals surface area contributed by atoms with E-state index in [-0.39, 0.29) is 0 Å². The van der Waals surface area contributed by atoms with Gasteiger partial charge in [-0.05, 0) is 25.0 Å². The van der Waals surface area contributed by atoms with Crippen molar-refractivity contribution in [2.45, 2.75) is 31.1 Å². The van der Waals surface area contributed by atoms with E-state index in [4.69, 9.17) is 14.5 Å². The highest BCUT2D eigenvalue weighted by molar-refractivity contribution is 7.79. The van der Waals surface area contributed by atoms with E-state index in [1.54, 1.807) is 18.4 Å². The molecule has 20 heavy (non-hydrogen) atoms. The molecule has 1 aliphatic rings. The number of methoxy groups -OCH3 is 1. The first-order valence-corrected chi connectivity index (χ1v) is 8.12. The summed E-state index contributed by atoms with van der Waals surface area (Å²) in [5.41, 5.74) is 1.24. The van der Waals surface area contributed by atoms with Gasteiger partial charge in [-0.3, -0.25) is 0 Å². The molecule has 1 aliphatic carbocycles. The van der Waals surface area contributed by atoms with Gasteiger partial charge in [-0.1, -0.05) is 12.1 Å². The second-order valence-corrected chi connectivity index (χ2v) is 6.27. The summed E-state index contributed by atoms with van der Waals surface area (Å²) >= 11 is 6.10. The number of thiol groups is 1. The van der Waals surface area contributed by atoms with Crippen LogP contribution < -0.4 is 9.47 Å². The van der Waals surface area contributed by atoms with E-state index in [0.29, 0.717) is 12.5 Å². The van der Waals surface area contributed by atoms with Crippen LogP contribution in [0.15, 0.2) is 24.3 Å². The molecule has 106 valence electrons. The Labute approximate surface area is 128 Å². The topological polar surface area (TPSA) is 31.4 Å². The molecule has 1 fully saturated rings. The van der Waals surface area contributed by atoms with Gasteiger partial charge in [-0.2, -0.15) is 12.6 Å². The molecule has 1 aromatic heterocycles. The highest BCUT2D eigenvalue weighted by Crippen LogP contribution is 2.43. The highest BCUT2D eigenvalue weighted by Gasteiger charge is 2.29. The smallest absolute Gasteiger partial charge is 0.161 e. The molecule has 1 saturated carbocycles. The second-order valence-electron chi connectivity index (χ2n) is 4.79. The van der Waals surface area contributed by atoms with Crippen LogP contribution in [0.25, 0.3) is 0 Å². The summed E-state index contributed by atoms with van der Waals surface area (Å²) in [6.45, 7) is 0.485. The van der Waals surface area contributed by atoms with Crippen LogP contribution in [0.5, 0.6) is 11.5 Å². The number of hydrogen-bond acceptors (Lipinski definition) is 5. The molecule has 1 heterocycles. The highest BCUT2D eigenvalue weighted by atomic mass is 32.1. The van der Waals surface area contributed by atoms with Gasteiger partial charge in [-0.25, -0.2) is 4.98 Å².